The summed E-state index contributed by atoms with van der Waals surface area (Å²) in [7, 11) is 1.47. The van der Waals surface area contributed by atoms with Crippen molar-refractivity contribution in [3.63, 3.8) is 0 Å². The number of benzene rings is 1. The molecule has 184 valence electrons. The van der Waals surface area contributed by atoms with E-state index in [1.54, 1.807) is 35.1 Å². The second-order valence-electron chi connectivity index (χ2n) is 8.65. The van der Waals surface area contributed by atoms with Crippen molar-refractivity contribution in [2.75, 3.05) is 19.0 Å². The molecule has 1 saturated carbocycles. The normalized spacial score (nSPS) is 12.8. The van der Waals surface area contributed by atoms with Gasteiger partial charge in [-0.2, -0.15) is 5.10 Å². The summed E-state index contributed by atoms with van der Waals surface area (Å²) in [6.45, 7) is 2.42. The minimum atomic E-state index is -0.324. The minimum Gasteiger partial charge on any atom is -0.493 e. The predicted octanol–water partition coefficient (Wildman–Crippen LogP) is 3.48. The molecule has 1 fully saturated rings. The third-order valence-corrected chi connectivity index (χ3v) is 5.79. The Labute approximate surface area is 207 Å². The first-order valence-electron chi connectivity index (χ1n) is 11.7. The smallest absolute Gasteiger partial charge is 0.257 e. The summed E-state index contributed by atoms with van der Waals surface area (Å²) in [5.41, 5.74) is 2.97. The molecular formula is C26H26N6O4. The first-order chi connectivity index (χ1) is 17.5. The Kier molecular flexibility index (Phi) is 6.48. The number of aromatic nitrogens is 4. The lowest BCUT2D eigenvalue weighted by atomic mass is 10.1. The number of hydrogen-bond donors (Lipinski definition) is 2. The fraction of sp³-hybridized carbons (Fsp3) is 0.269. The van der Waals surface area contributed by atoms with Gasteiger partial charge in [-0.1, -0.05) is 18.2 Å². The summed E-state index contributed by atoms with van der Waals surface area (Å²) in [5, 5.41) is 10.1. The summed E-state index contributed by atoms with van der Waals surface area (Å²) in [6.07, 6.45) is 5.63. The fourth-order valence-corrected chi connectivity index (χ4v) is 3.75. The molecule has 1 aliphatic carbocycles. The van der Waals surface area contributed by atoms with Gasteiger partial charge in [-0.3, -0.25) is 9.59 Å². The van der Waals surface area contributed by atoms with Crippen LogP contribution in [0.2, 0.25) is 0 Å². The number of hydrogen-bond acceptors (Lipinski definition) is 7. The van der Waals surface area contributed by atoms with Crippen LogP contribution in [0.4, 0.5) is 5.82 Å². The number of fused-ring (bicyclic) bond motifs is 1. The fourth-order valence-electron chi connectivity index (χ4n) is 3.75. The van der Waals surface area contributed by atoms with Gasteiger partial charge in [0.25, 0.3) is 5.91 Å². The Hall–Kier alpha value is -4.47. The van der Waals surface area contributed by atoms with Gasteiger partial charge < -0.3 is 20.1 Å². The number of anilines is 1. The molecular weight excluding hydrogens is 460 g/mol. The molecule has 5 rings (SSSR count). The predicted molar refractivity (Wildman–Crippen MR) is 133 cm³/mol. The molecule has 0 saturated heterocycles. The molecule has 0 bridgehead atoms. The van der Waals surface area contributed by atoms with Crippen molar-refractivity contribution in [2.24, 2.45) is 5.92 Å². The van der Waals surface area contributed by atoms with E-state index in [9.17, 15) is 9.59 Å². The Morgan fingerprint density at radius 2 is 2.00 bits per heavy atom. The largest absolute Gasteiger partial charge is 0.493 e. The Bertz CT molecular complexity index is 1430. The number of methoxy groups -OCH3 is 1. The van der Waals surface area contributed by atoms with Crippen molar-refractivity contribution < 1.29 is 19.1 Å². The van der Waals surface area contributed by atoms with Gasteiger partial charge in [-0.25, -0.2) is 14.5 Å². The molecule has 10 nitrogen and oxygen atoms in total. The number of imidazole rings is 1. The molecule has 10 heteroatoms. The molecule has 0 unspecified atom stereocenters. The van der Waals surface area contributed by atoms with Crippen LogP contribution in [0.25, 0.3) is 16.9 Å². The van der Waals surface area contributed by atoms with Crippen LogP contribution >= 0.6 is 0 Å². The zero-order chi connectivity index (χ0) is 25.1. The second kappa shape index (κ2) is 10.0. The molecule has 0 aliphatic heterocycles. The molecule has 0 radical (unpaired) electrons. The molecule has 36 heavy (non-hydrogen) atoms. The van der Waals surface area contributed by atoms with Crippen molar-refractivity contribution in [3.05, 3.63) is 66.0 Å². The van der Waals surface area contributed by atoms with Crippen LogP contribution in [0.15, 0.2) is 54.9 Å². The highest BCUT2D eigenvalue weighted by molar-refractivity contribution is 5.97. The van der Waals surface area contributed by atoms with Crippen LogP contribution in [0, 0.1) is 5.92 Å². The highest BCUT2D eigenvalue weighted by Crippen LogP contribution is 2.30. The topological polar surface area (TPSA) is 120 Å². The van der Waals surface area contributed by atoms with Crippen molar-refractivity contribution >= 4 is 23.3 Å². The van der Waals surface area contributed by atoms with Gasteiger partial charge in [0.1, 0.15) is 11.3 Å². The maximum absolute atomic E-state index is 13.1. The first kappa shape index (κ1) is 23.3. The number of carbonyl (C=O) groups excluding carboxylic acids is 2. The monoisotopic (exact) mass is 486 g/mol. The van der Waals surface area contributed by atoms with Gasteiger partial charge >= 0.3 is 0 Å². The second-order valence-corrected chi connectivity index (χ2v) is 8.65. The average Bonchev–Trinajstić information content (AvgIpc) is 3.63. The van der Waals surface area contributed by atoms with Gasteiger partial charge in [0.05, 0.1) is 25.6 Å². The van der Waals surface area contributed by atoms with Gasteiger partial charge in [-0.05, 0) is 43.0 Å². The van der Waals surface area contributed by atoms with Crippen LogP contribution in [0.5, 0.6) is 11.6 Å². The van der Waals surface area contributed by atoms with Crippen molar-refractivity contribution in [2.45, 2.75) is 26.3 Å². The van der Waals surface area contributed by atoms with Gasteiger partial charge in [-0.15, -0.1) is 0 Å². The molecule has 3 heterocycles. The summed E-state index contributed by atoms with van der Waals surface area (Å²) in [4.78, 5) is 33.1. The molecule has 4 aromatic rings. The van der Waals surface area contributed by atoms with Gasteiger partial charge in [0.2, 0.25) is 11.8 Å². The van der Waals surface area contributed by atoms with Crippen LogP contribution in [0.1, 0.15) is 35.7 Å². The number of ether oxygens (including phenoxy) is 2. The molecule has 0 atom stereocenters. The van der Waals surface area contributed by atoms with E-state index in [-0.39, 0.29) is 23.3 Å². The van der Waals surface area contributed by atoms with E-state index in [4.69, 9.17) is 9.47 Å². The van der Waals surface area contributed by atoms with Gasteiger partial charge in [0, 0.05) is 30.8 Å². The number of amides is 2. The average molecular weight is 487 g/mol. The van der Waals surface area contributed by atoms with E-state index in [0.29, 0.717) is 41.8 Å². The third-order valence-electron chi connectivity index (χ3n) is 5.79. The zero-order valence-electron chi connectivity index (χ0n) is 20.0. The van der Waals surface area contributed by atoms with Crippen molar-refractivity contribution in [1.82, 2.24) is 24.9 Å². The highest BCUT2D eigenvalue weighted by Gasteiger charge is 2.22. The molecule has 1 aromatic carbocycles. The van der Waals surface area contributed by atoms with E-state index in [2.05, 4.69) is 25.7 Å². The highest BCUT2D eigenvalue weighted by atomic mass is 16.5. The van der Waals surface area contributed by atoms with Crippen molar-refractivity contribution in [1.29, 1.82) is 0 Å². The summed E-state index contributed by atoms with van der Waals surface area (Å²) in [5.74, 6) is 1.49. The van der Waals surface area contributed by atoms with E-state index >= 15 is 0 Å². The van der Waals surface area contributed by atoms with E-state index in [1.807, 2.05) is 24.3 Å². The first-order valence-corrected chi connectivity index (χ1v) is 11.7. The molecule has 0 spiro atoms. The van der Waals surface area contributed by atoms with E-state index in [1.165, 1.54) is 26.9 Å². The zero-order valence-corrected chi connectivity index (χ0v) is 20.0. The third kappa shape index (κ3) is 5.27. The van der Waals surface area contributed by atoms with Crippen LogP contribution in [-0.2, 0) is 11.3 Å². The number of pyridine rings is 1. The maximum atomic E-state index is 13.1. The number of carbonyl (C=O) groups is 2. The molecule has 1 aliphatic rings. The lowest BCUT2D eigenvalue weighted by Gasteiger charge is -2.13. The van der Waals surface area contributed by atoms with Crippen LogP contribution < -0.4 is 20.1 Å². The molecule has 3 aromatic heterocycles. The van der Waals surface area contributed by atoms with Crippen LogP contribution in [0.3, 0.4) is 0 Å². The number of nitrogens with zero attached hydrogens (tertiary/aromatic N) is 4. The Morgan fingerprint density at radius 1 is 1.17 bits per heavy atom. The number of nitrogens with one attached hydrogen (secondary N) is 2. The van der Waals surface area contributed by atoms with Crippen molar-refractivity contribution in [3.8, 4) is 22.9 Å². The molecule has 2 N–H and O–H groups in total. The quantitative estimate of drug-likeness (QED) is 0.372. The van der Waals surface area contributed by atoms with E-state index < -0.39 is 0 Å². The Balaban J connectivity index is 1.35. The summed E-state index contributed by atoms with van der Waals surface area (Å²) < 4.78 is 12.9. The molecule has 2 amide bonds. The van der Waals surface area contributed by atoms with Crippen LogP contribution in [-0.4, -0.2) is 45.1 Å². The maximum Gasteiger partial charge on any atom is 0.257 e. The lowest BCUT2D eigenvalue weighted by Crippen LogP contribution is -2.24. The Morgan fingerprint density at radius 3 is 2.78 bits per heavy atom. The lowest BCUT2D eigenvalue weighted by molar-refractivity contribution is -0.114. The van der Waals surface area contributed by atoms with Gasteiger partial charge in [0.15, 0.2) is 11.5 Å². The van der Waals surface area contributed by atoms with E-state index in [0.717, 1.165) is 11.3 Å². The SMILES string of the molecule is COc1ncc(-c2ccc3nc(NC(C)=O)cn3n2)cc1C(=O)NCc1ccccc1OCC1CC1. The standard InChI is InChI=1S/C26H26N6O4/c1-16(33)29-23-14-32-24(30-23)10-9-21(31-32)19-11-20(26(35-2)28-13-19)25(34)27-12-18-5-3-4-6-22(18)36-15-17-7-8-17/h3-6,9-11,13-14,17H,7-8,12,15H2,1-2H3,(H,27,34)(H,29,33). The number of para-hydroxylation sites is 1. The summed E-state index contributed by atoms with van der Waals surface area (Å²) in [6, 6.07) is 12.9. The summed E-state index contributed by atoms with van der Waals surface area (Å²) >= 11 is 0. The number of rotatable bonds is 9. The minimum absolute atomic E-state index is 0.214.